The second-order valence-electron chi connectivity index (χ2n) is 13.1. The summed E-state index contributed by atoms with van der Waals surface area (Å²) >= 11 is 0. The van der Waals surface area contributed by atoms with Crippen LogP contribution >= 0.6 is 0 Å². The highest BCUT2D eigenvalue weighted by molar-refractivity contribution is 6.06. The predicted octanol–water partition coefficient (Wildman–Crippen LogP) is 4.53. The van der Waals surface area contributed by atoms with Crippen LogP contribution in [0.2, 0.25) is 0 Å². The topological polar surface area (TPSA) is 90.4 Å². The first-order valence-corrected chi connectivity index (χ1v) is 16.6. The van der Waals surface area contributed by atoms with Crippen molar-refractivity contribution in [2.45, 2.75) is 36.8 Å². The fourth-order valence-corrected chi connectivity index (χ4v) is 8.18. The van der Waals surface area contributed by atoms with Gasteiger partial charge in [-0.3, -0.25) is 14.4 Å². The van der Waals surface area contributed by atoms with E-state index in [2.05, 4.69) is 0 Å². The lowest BCUT2D eigenvalue weighted by Crippen LogP contribution is -2.58. The molecule has 1 unspecified atom stereocenters. The van der Waals surface area contributed by atoms with Crippen LogP contribution in [0.1, 0.15) is 11.1 Å². The van der Waals surface area contributed by atoms with Crippen LogP contribution in [-0.4, -0.2) is 76.1 Å². The maximum Gasteiger partial charge on any atom is 0.253 e. The molecular weight excluding hydrogens is 602 g/mol. The number of aliphatic hydroxyl groups excluding tert-OH is 1. The van der Waals surface area contributed by atoms with Crippen molar-refractivity contribution in [3.8, 4) is 0 Å². The molecule has 6 atom stereocenters. The summed E-state index contributed by atoms with van der Waals surface area (Å²) in [5, 5.41) is 12.9. The molecule has 8 rings (SSSR count). The van der Waals surface area contributed by atoms with E-state index in [0.29, 0.717) is 25.2 Å². The lowest BCUT2D eigenvalue weighted by molar-refractivity contribution is -0.147. The summed E-state index contributed by atoms with van der Waals surface area (Å²) in [6.07, 6.45) is 7.22. The Kier molecular flexibility index (Phi) is 7.70. The van der Waals surface area contributed by atoms with Crippen LogP contribution < -0.4 is 4.90 Å². The second-order valence-corrected chi connectivity index (χ2v) is 13.1. The number of ether oxygens (including phenoxy) is 1. The molecule has 4 aromatic rings. The van der Waals surface area contributed by atoms with Crippen molar-refractivity contribution in [2.75, 3.05) is 24.6 Å². The van der Waals surface area contributed by atoms with E-state index in [1.54, 1.807) is 14.7 Å². The second kappa shape index (κ2) is 12.2. The quantitative estimate of drug-likeness (QED) is 0.301. The number of nitrogens with zero attached hydrogens (tertiary/aromatic N) is 3. The van der Waals surface area contributed by atoms with E-state index in [4.69, 9.17) is 4.74 Å². The highest BCUT2D eigenvalue weighted by Gasteiger charge is 2.72. The molecule has 8 heteroatoms. The van der Waals surface area contributed by atoms with Crippen molar-refractivity contribution >= 4 is 34.2 Å². The summed E-state index contributed by atoms with van der Waals surface area (Å²) in [4.78, 5) is 49.4. The molecule has 8 nitrogen and oxygen atoms in total. The summed E-state index contributed by atoms with van der Waals surface area (Å²) in [5.41, 5.74) is 1.23. The molecule has 2 fully saturated rings. The fourth-order valence-electron chi connectivity index (χ4n) is 8.18. The van der Waals surface area contributed by atoms with Gasteiger partial charge in [-0.1, -0.05) is 115 Å². The van der Waals surface area contributed by atoms with Crippen LogP contribution in [0, 0.1) is 11.8 Å². The van der Waals surface area contributed by atoms with Crippen LogP contribution in [0.5, 0.6) is 0 Å². The number of benzene rings is 4. The van der Waals surface area contributed by atoms with Gasteiger partial charge in [0.05, 0.1) is 30.6 Å². The van der Waals surface area contributed by atoms with Gasteiger partial charge in [0.2, 0.25) is 11.8 Å². The van der Waals surface area contributed by atoms with Gasteiger partial charge in [-0.15, -0.1) is 0 Å². The van der Waals surface area contributed by atoms with Crippen LogP contribution in [0.15, 0.2) is 127 Å². The minimum atomic E-state index is -1.39. The smallest absolute Gasteiger partial charge is 0.253 e. The van der Waals surface area contributed by atoms with Gasteiger partial charge in [0.25, 0.3) is 5.91 Å². The molecule has 4 heterocycles. The van der Waals surface area contributed by atoms with Crippen molar-refractivity contribution in [2.24, 2.45) is 11.8 Å². The molecule has 0 bridgehead atoms. The summed E-state index contributed by atoms with van der Waals surface area (Å²) in [6.45, 7) is 0.708. The first kappa shape index (κ1) is 30.3. The lowest BCUT2D eigenvalue weighted by atomic mass is 9.77. The SMILES string of the molecule is O=C1[C@@H]2[C@H](C=CCN1Cc1ccccc1)O[C@]13C=CCN(c4ccc5ccccc5c4)C(=O)C1N([C@@H](CO)Cc1ccccc1)C(=O)[C@H]23. The first-order valence-electron chi connectivity index (χ1n) is 16.6. The van der Waals surface area contributed by atoms with Crippen molar-refractivity contribution in [3.05, 3.63) is 139 Å². The molecule has 242 valence electrons. The molecule has 1 spiro atoms. The monoisotopic (exact) mass is 639 g/mol. The van der Waals surface area contributed by atoms with Gasteiger partial charge in [-0.05, 0) is 40.5 Å². The normalized spacial score (nSPS) is 27.1. The van der Waals surface area contributed by atoms with Crippen molar-refractivity contribution < 1.29 is 24.2 Å². The fraction of sp³-hybridized carbons (Fsp3) is 0.275. The summed E-state index contributed by atoms with van der Waals surface area (Å²) in [5.74, 6) is -2.59. The Morgan fingerprint density at radius 2 is 1.48 bits per heavy atom. The number of likely N-dealkylation sites (tertiary alicyclic amines) is 1. The molecule has 1 N–H and O–H groups in total. The van der Waals surface area contributed by atoms with Gasteiger partial charge in [0.15, 0.2) is 0 Å². The van der Waals surface area contributed by atoms with Crippen molar-refractivity contribution in [3.63, 3.8) is 0 Å². The zero-order chi connectivity index (χ0) is 32.8. The third-order valence-corrected chi connectivity index (χ3v) is 10.4. The average molecular weight is 640 g/mol. The molecule has 4 aliphatic rings. The number of aliphatic hydroxyl groups is 1. The maximum atomic E-state index is 15.0. The highest BCUT2D eigenvalue weighted by atomic mass is 16.5. The van der Waals surface area contributed by atoms with E-state index in [9.17, 15) is 14.7 Å². The molecule has 2 saturated heterocycles. The number of carbonyl (C=O) groups excluding carboxylic acids is 3. The molecule has 4 aromatic carbocycles. The third-order valence-electron chi connectivity index (χ3n) is 10.4. The Bertz CT molecular complexity index is 1930. The molecule has 48 heavy (non-hydrogen) atoms. The number of carbonyl (C=O) groups is 3. The molecule has 4 aliphatic heterocycles. The van der Waals surface area contributed by atoms with Gasteiger partial charge in [0.1, 0.15) is 11.6 Å². The van der Waals surface area contributed by atoms with E-state index in [0.717, 1.165) is 21.9 Å². The molecule has 0 saturated carbocycles. The average Bonchev–Trinajstić information content (AvgIpc) is 3.44. The zero-order valence-electron chi connectivity index (χ0n) is 26.5. The minimum Gasteiger partial charge on any atom is -0.394 e. The Morgan fingerprint density at radius 3 is 2.23 bits per heavy atom. The van der Waals surface area contributed by atoms with Crippen molar-refractivity contribution in [1.29, 1.82) is 0 Å². The summed E-state index contributed by atoms with van der Waals surface area (Å²) < 4.78 is 6.87. The van der Waals surface area contributed by atoms with Crippen molar-refractivity contribution in [1.82, 2.24) is 9.80 Å². The number of anilines is 1. The molecule has 0 radical (unpaired) electrons. The van der Waals surface area contributed by atoms with Crippen LogP contribution in [0.25, 0.3) is 10.8 Å². The Hall–Kier alpha value is -5.05. The predicted molar refractivity (Wildman–Crippen MR) is 183 cm³/mol. The van der Waals surface area contributed by atoms with Crippen LogP contribution in [0.4, 0.5) is 5.69 Å². The van der Waals surface area contributed by atoms with E-state index in [1.807, 2.05) is 127 Å². The Balaban J connectivity index is 1.22. The number of hydrogen-bond donors (Lipinski definition) is 1. The number of rotatable bonds is 7. The molecule has 0 aliphatic carbocycles. The van der Waals surface area contributed by atoms with E-state index < -0.39 is 35.6 Å². The molecule has 3 amide bonds. The van der Waals surface area contributed by atoms with Gasteiger partial charge < -0.3 is 24.5 Å². The zero-order valence-corrected chi connectivity index (χ0v) is 26.5. The first-order chi connectivity index (χ1) is 23.5. The maximum absolute atomic E-state index is 15.0. The van der Waals surface area contributed by atoms with E-state index in [-0.39, 0.29) is 30.9 Å². The Morgan fingerprint density at radius 1 is 0.771 bits per heavy atom. The molecular formula is C40H37N3O5. The standard InChI is InChI=1S/C40H37N3O5/c44-26-32(23-27-11-3-1-4-12-27)43-36-39(47)42(31-19-18-29-15-7-8-16-30(29)24-31)22-10-20-40(36)35(38(43)46)34-33(48-40)17-9-21-41(37(34)45)25-28-13-5-2-6-14-28/h1-20,24,32-36,44H,21-23,25-26H2/t32-,33+,34-,35+,36?,40+/m1/s1. The van der Waals surface area contributed by atoms with Crippen LogP contribution in [-0.2, 0) is 32.1 Å². The van der Waals surface area contributed by atoms with Gasteiger partial charge in [-0.25, -0.2) is 0 Å². The lowest BCUT2D eigenvalue weighted by Gasteiger charge is -2.38. The van der Waals surface area contributed by atoms with Gasteiger partial charge in [0, 0.05) is 25.3 Å². The summed E-state index contributed by atoms with van der Waals surface area (Å²) in [7, 11) is 0. The number of amides is 3. The Labute approximate surface area is 279 Å². The largest absolute Gasteiger partial charge is 0.394 e. The molecule has 0 aromatic heterocycles. The minimum absolute atomic E-state index is 0.176. The van der Waals surface area contributed by atoms with Crippen LogP contribution in [0.3, 0.4) is 0 Å². The van der Waals surface area contributed by atoms with Gasteiger partial charge in [-0.2, -0.15) is 0 Å². The van der Waals surface area contributed by atoms with E-state index >= 15 is 4.79 Å². The number of fused-ring (bicyclic) bond motifs is 3. The third kappa shape index (κ3) is 4.95. The highest BCUT2D eigenvalue weighted by Crippen LogP contribution is 2.54. The number of hydrogen-bond acceptors (Lipinski definition) is 5. The van der Waals surface area contributed by atoms with Gasteiger partial charge >= 0.3 is 0 Å². The van der Waals surface area contributed by atoms with E-state index in [1.165, 1.54) is 0 Å². The summed E-state index contributed by atoms with van der Waals surface area (Å²) in [6, 6.07) is 31.5.